The number of aryl methyl sites for hydroxylation is 1. The van der Waals surface area contributed by atoms with Crippen LogP contribution in [-0.4, -0.2) is 50.6 Å². The van der Waals surface area contributed by atoms with E-state index in [0.717, 1.165) is 35.1 Å². The summed E-state index contributed by atoms with van der Waals surface area (Å²) in [6, 6.07) is 6.99. The van der Waals surface area contributed by atoms with Gasteiger partial charge in [0, 0.05) is 50.1 Å². The number of rotatable bonds is 4. The highest BCUT2D eigenvalue weighted by Gasteiger charge is 2.23. The summed E-state index contributed by atoms with van der Waals surface area (Å²) in [5.74, 6) is -1.58. The minimum Gasteiger partial charge on any atom is -0.337 e. The molecule has 2 amide bonds. The number of hydrogen-bond acceptors (Lipinski definition) is 3. The van der Waals surface area contributed by atoms with Crippen LogP contribution in [0.2, 0.25) is 0 Å². The minimum absolute atomic E-state index is 0.00279. The number of aromatic nitrogens is 2. The first kappa shape index (κ1) is 20.7. The number of halogens is 2. The summed E-state index contributed by atoms with van der Waals surface area (Å²) in [7, 11) is 0. The molecular weight excluding hydrogens is 402 g/mol. The fourth-order valence-electron chi connectivity index (χ4n) is 3.64. The van der Waals surface area contributed by atoms with E-state index in [0.29, 0.717) is 19.6 Å². The first-order valence-corrected chi connectivity index (χ1v) is 10.0. The van der Waals surface area contributed by atoms with Crippen molar-refractivity contribution in [3.8, 4) is 0 Å². The van der Waals surface area contributed by atoms with Gasteiger partial charge < -0.3 is 14.2 Å². The van der Waals surface area contributed by atoms with E-state index in [9.17, 15) is 18.4 Å². The lowest BCUT2D eigenvalue weighted by Crippen LogP contribution is -2.34. The second-order valence-corrected chi connectivity index (χ2v) is 7.54. The SMILES string of the molecule is Cc1cccn2cc(CN3CCN(C(=O)/C=C/c4cc(F)ccc4F)CCC3=O)nc12. The summed E-state index contributed by atoms with van der Waals surface area (Å²) in [6.45, 7) is 3.35. The van der Waals surface area contributed by atoms with E-state index < -0.39 is 11.6 Å². The van der Waals surface area contributed by atoms with Gasteiger partial charge in [-0.3, -0.25) is 9.59 Å². The molecule has 3 heterocycles. The Hall–Kier alpha value is -3.55. The van der Waals surface area contributed by atoms with Crippen LogP contribution in [-0.2, 0) is 16.1 Å². The second kappa shape index (κ2) is 8.67. The predicted octanol–water partition coefficient (Wildman–Crippen LogP) is 3.20. The topological polar surface area (TPSA) is 57.9 Å². The average molecular weight is 424 g/mol. The number of nitrogens with zero attached hydrogens (tertiary/aromatic N) is 4. The normalized spacial score (nSPS) is 15.1. The quantitative estimate of drug-likeness (QED) is 0.605. The van der Waals surface area contributed by atoms with Gasteiger partial charge in [-0.15, -0.1) is 0 Å². The third-order valence-electron chi connectivity index (χ3n) is 5.34. The van der Waals surface area contributed by atoms with Crippen molar-refractivity contribution in [1.29, 1.82) is 0 Å². The molecule has 2 aromatic heterocycles. The second-order valence-electron chi connectivity index (χ2n) is 7.54. The summed E-state index contributed by atoms with van der Waals surface area (Å²) in [5, 5.41) is 0. The first-order valence-electron chi connectivity index (χ1n) is 10.0. The molecule has 6 nitrogen and oxygen atoms in total. The minimum atomic E-state index is -0.606. The predicted molar refractivity (Wildman–Crippen MR) is 112 cm³/mol. The monoisotopic (exact) mass is 424 g/mol. The van der Waals surface area contributed by atoms with Crippen molar-refractivity contribution in [2.75, 3.05) is 19.6 Å². The van der Waals surface area contributed by atoms with E-state index in [-0.39, 0.29) is 30.3 Å². The average Bonchev–Trinajstić information content (AvgIpc) is 3.08. The lowest BCUT2D eigenvalue weighted by Gasteiger charge is -2.20. The summed E-state index contributed by atoms with van der Waals surface area (Å²) < 4.78 is 29.0. The molecule has 4 rings (SSSR count). The summed E-state index contributed by atoms with van der Waals surface area (Å²) in [5.41, 5.74) is 2.69. The molecule has 0 unspecified atom stereocenters. The third-order valence-corrected chi connectivity index (χ3v) is 5.34. The van der Waals surface area contributed by atoms with Gasteiger partial charge in [0.1, 0.15) is 17.3 Å². The lowest BCUT2D eigenvalue weighted by molar-refractivity contribution is -0.131. The van der Waals surface area contributed by atoms with Gasteiger partial charge in [0.15, 0.2) is 0 Å². The molecular formula is C23H22F2N4O2. The van der Waals surface area contributed by atoms with Crippen LogP contribution in [0.1, 0.15) is 23.2 Å². The molecule has 0 spiro atoms. The largest absolute Gasteiger partial charge is 0.337 e. The van der Waals surface area contributed by atoms with Gasteiger partial charge in [0.25, 0.3) is 0 Å². The van der Waals surface area contributed by atoms with Crippen LogP contribution >= 0.6 is 0 Å². The Bertz CT molecular complexity index is 1170. The third kappa shape index (κ3) is 4.63. The molecule has 31 heavy (non-hydrogen) atoms. The van der Waals surface area contributed by atoms with Gasteiger partial charge in [-0.05, 0) is 42.8 Å². The standard InChI is InChI=1S/C23H22F2N4O2/c1-16-3-2-9-29-15-19(26-23(16)29)14-28-12-11-27(10-8-22(28)31)21(30)7-4-17-13-18(24)5-6-20(17)25/h2-7,9,13,15H,8,10-12,14H2,1H3/b7-4+. The van der Waals surface area contributed by atoms with Gasteiger partial charge in [0.05, 0.1) is 12.2 Å². The van der Waals surface area contributed by atoms with Crippen LogP contribution in [0.3, 0.4) is 0 Å². The molecule has 1 aliphatic heterocycles. The van der Waals surface area contributed by atoms with Crippen LogP contribution < -0.4 is 0 Å². The van der Waals surface area contributed by atoms with Crippen LogP contribution in [0.5, 0.6) is 0 Å². The molecule has 0 atom stereocenters. The number of carbonyl (C=O) groups excluding carboxylic acids is 2. The van der Waals surface area contributed by atoms with Crippen molar-refractivity contribution in [3.63, 3.8) is 0 Å². The zero-order valence-electron chi connectivity index (χ0n) is 17.1. The molecule has 1 saturated heterocycles. The Morgan fingerprint density at radius 1 is 1.19 bits per heavy atom. The maximum absolute atomic E-state index is 13.7. The molecule has 0 radical (unpaired) electrons. The number of imidazole rings is 1. The molecule has 0 aliphatic carbocycles. The molecule has 0 N–H and O–H groups in total. The number of carbonyl (C=O) groups is 2. The zero-order valence-corrected chi connectivity index (χ0v) is 17.1. The number of pyridine rings is 1. The molecule has 8 heteroatoms. The van der Waals surface area contributed by atoms with Crippen LogP contribution in [0.4, 0.5) is 8.78 Å². The fourth-order valence-corrected chi connectivity index (χ4v) is 3.64. The van der Waals surface area contributed by atoms with Gasteiger partial charge in [-0.1, -0.05) is 6.07 Å². The molecule has 3 aromatic rings. The molecule has 1 fully saturated rings. The number of amides is 2. The van der Waals surface area contributed by atoms with Crippen molar-refractivity contribution in [2.24, 2.45) is 0 Å². The van der Waals surface area contributed by atoms with Crippen LogP contribution in [0.15, 0.2) is 48.8 Å². The highest BCUT2D eigenvalue weighted by Crippen LogP contribution is 2.15. The van der Waals surface area contributed by atoms with E-state index in [4.69, 9.17) is 0 Å². The van der Waals surface area contributed by atoms with Gasteiger partial charge >= 0.3 is 0 Å². The Balaban J connectivity index is 1.42. The van der Waals surface area contributed by atoms with Crippen molar-refractivity contribution >= 4 is 23.5 Å². The summed E-state index contributed by atoms with van der Waals surface area (Å²) in [6.07, 6.45) is 6.48. The number of hydrogen-bond donors (Lipinski definition) is 0. The highest BCUT2D eigenvalue weighted by molar-refractivity contribution is 5.92. The fraction of sp³-hybridized carbons (Fsp3) is 0.261. The van der Waals surface area contributed by atoms with Crippen LogP contribution in [0.25, 0.3) is 11.7 Å². The van der Waals surface area contributed by atoms with Crippen molar-refractivity contribution < 1.29 is 18.4 Å². The number of benzene rings is 1. The Morgan fingerprint density at radius 3 is 2.84 bits per heavy atom. The summed E-state index contributed by atoms with van der Waals surface area (Å²) in [4.78, 5) is 32.9. The maximum Gasteiger partial charge on any atom is 0.246 e. The van der Waals surface area contributed by atoms with Crippen molar-refractivity contribution in [2.45, 2.75) is 19.9 Å². The summed E-state index contributed by atoms with van der Waals surface area (Å²) >= 11 is 0. The lowest BCUT2D eigenvalue weighted by atomic mass is 10.2. The van der Waals surface area contributed by atoms with E-state index in [1.807, 2.05) is 35.9 Å². The van der Waals surface area contributed by atoms with E-state index in [1.54, 1.807) is 9.80 Å². The van der Waals surface area contributed by atoms with Gasteiger partial charge in [0.2, 0.25) is 11.8 Å². The van der Waals surface area contributed by atoms with Crippen molar-refractivity contribution in [1.82, 2.24) is 19.2 Å². The molecule has 0 saturated carbocycles. The Kier molecular flexibility index (Phi) is 5.79. The molecule has 0 bridgehead atoms. The molecule has 1 aliphatic rings. The Morgan fingerprint density at radius 2 is 2.03 bits per heavy atom. The van der Waals surface area contributed by atoms with Crippen molar-refractivity contribution in [3.05, 3.63) is 77.3 Å². The molecule has 1 aromatic carbocycles. The zero-order chi connectivity index (χ0) is 22.0. The maximum atomic E-state index is 13.7. The van der Waals surface area contributed by atoms with Gasteiger partial charge in [-0.2, -0.15) is 0 Å². The van der Waals surface area contributed by atoms with E-state index in [1.165, 1.54) is 12.2 Å². The van der Waals surface area contributed by atoms with E-state index >= 15 is 0 Å². The van der Waals surface area contributed by atoms with Crippen LogP contribution in [0, 0.1) is 18.6 Å². The van der Waals surface area contributed by atoms with Gasteiger partial charge in [-0.25, -0.2) is 13.8 Å². The van der Waals surface area contributed by atoms with E-state index in [2.05, 4.69) is 4.98 Å². The molecule has 160 valence electrons. The smallest absolute Gasteiger partial charge is 0.246 e. The number of fused-ring (bicyclic) bond motifs is 1. The Labute approximate surface area is 178 Å². The first-order chi connectivity index (χ1) is 14.9. The highest BCUT2D eigenvalue weighted by atomic mass is 19.1.